The fourth-order valence-corrected chi connectivity index (χ4v) is 1.99. The summed E-state index contributed by atoms with van der Waals surface area (Å²) in [5, 5.41) is 0. The van der Waals surface area contributed by atoms with Crippen LogP contribution in [0.5, 0.6) is 0 Å². The third kappa shape index (κ3) is 5.63. The van der Waals surface area contributed by atoms with Gasteiger partial charge in [0.2, 0.25) is 0 Å². The van der Waals surface area contributed by atoms with Crippen LogP contribution in [0.25, 0.3) is 24.3 Å². The highest BCUT2D eigenvalue weighted by Crippen LogP contribution is 2.27. The normalized spacial score (nSPS) is 9.86. The fourth-order valence-electron chi connectivity index (χ4n) is 1.99. The first kappa shape index (κ1) is 21.5. The molecule has 1 aromatic rings. The quantitative estimate of drug-likeness (QED) is 0.560. The van der Waals surface area contributed by atoms with Gasteiger partial charge in [-0.25, -0.2) is 0 Å². The van der Waals surface area contributed by atoms with E-state index in [4.69, 9.17) is 0 Å². The van der Waals surface area contributed by atoms with Crippen LogP contribution in [0.3, 0.4) is 0 Å². The van der Waals surface area contributed by atoms with Gasteiger partial charge in [0.1, 0.15) is 0 Å². The Morgan fingerprint density at radius 3 is 1.67 bits per heavy atom. The summed E-state index contributed by atoms with van der Waals surface area (Å²) in [6, 6.07) is 0. The lowest BCUT2D eigenvalue weighted by atomic mass is 10.1. The van der Waals surface area contributed by atoms with Crippen molar-refractivity contribution in [1.29, 1.82) is 0 Å². The summed E-state index contributed by atoms with van der Waals surface area (Å²) in [7, 11) is 2.07. The molecule has 118 valence electrons. The lowest BCUT2D eigenvalue weighted by Gasteiger charge is -2.01. The molecule has 0 N–H and O–H groups in total. The van der Waals surface area contributed by atoms with Gasteiger partial charge in [-0.3, -0.25) is 0 Å². The highest BCUT2D eigenvalue weighted by Gasteiger charge is 2.12. The van der Waals surface area contributed by atoms with E-state index in [0.29, 0.717) is 0 Å². The van der Waals surface area contributed by atoms with Gasteiger partial charge in [-0.15, -0.1) is 0 Å². The zero-order chi connectivity index (χ0) is 16.8. The summed E-state index contributed by atoms with van der Waals surface area (Å²) in [6.07, 6.45) is 13.3. The Kier molecular flexibility index (Phi) is 13.6. The van der Waals surface area contributed by atoms with Crippen molar-refractivity contribution in [2.75, 3.05) is 0 Å². The van der Waals surface area contributed by atoms with Crippen LogP contribution in [0, 0.1) is 0 Å². The van der Waals surface area contributed by atoms with E-state index in [1.54, 1.807) is 0 Å². The first-order valence-electron chi connectivity index (χ1n) is 7.97. The van der Waals surface area contributed by atoms with Crippen molar-refractivity contribution in [3.8, 4) is 0 Å². The predicted molar refractivity (Wildman–Crippen MR) is 102 cm³/mol. The van der Waals surface area contributed by atoms with Crippen molar-refractivity contribution in [3.05, 3.63) is 47.8 Å². The van der Waals surface area contributed by atoms with E-state index in [2.05, 4.69) is 49.9 Å². The molecule has 0 spiro atoms. The SMILES string of the molecule is C=Cc1c(C=C)c(/C=C\CC)n(C)c1/C=C\C.CC.CC. The molecule has 1 aromatic heterocycles. The first-order valence-corrected chi connectivity index (χ1v) is 7.97. The summed E-state index contributed by atoms with van der Waals surface area (Å²) < 4.78 is 2.18. The molecule has 0 saturated heterocycles. The Hall–Kier alpha value is -1.76. The summed E-state index contributed by atoms with van der Waals surface area (Å²) in [6.45, 7) is 20.0. The van der Waals surface area contributed by atoms with E-state index in [-0.39, 0.29) is 0 Å². The Morgan fingerprint density at radius 2 is 1.33 bits per heavy atom. The first-order chi connectivity index (χ1) is 10.2. The summed E-state index contributed by atoms with van der Waals surface area (Å²) in [4.78, 5) is 0. The second-order valence-electron chi connectivity index (χ2n) is 3.88. The zero-order valence-corrected chi connectivity index (χ0v) is 15.0. The van der Waals surface area contributed by atoms with E-state index in [0.717, 1.165) is 17.5 Å². The topological polar surface area (TPSA) is 4.93 Å². The predicted octanol–water partition coefficient (Wildman–Crippen LogP) is 6.82. The highest BCUT2D eigenvalue weighted by molar-refractivity contribution is 5.78. The van der Waals surface area contributed by atoms with E-state index in [1.807, 2.05) is 52.8 Å². The second-order valence-corrected chi connectivity index (χ2v) is 3.88. The lowest BCUT2D eigenvalue weighted by Crippen LogP contribution is -1.94. The molecule has 0 aromatic carbocycles. The molecule has 0 amide bonds. The highest BCUT2D eigenvalue weighted by atomic mass is 15.0. The van der Waals surface area contributed by atoms with E-state index in [1.165, 1.54) is 11.4 Å². The average molecular weight is 287 g/mol. The van der Waals surface area contributed by atoms with Gasteiger partial charge in [0.05, 0.1) is 0 Å². The van der Waals surface area contributed by atoms with E-state index >= 15 is 0 Å². The van der Waals surface area contributed by atoms with Crippen LogP contribution in [0.4, 0.5) is 0 Å². The maximum Gasteiger partial charge on any atom is 0.0485 e. The minimum Gasteiger partial charge on any atom is -0.344 e. The zero-order valence-electron chi connectivity index (χ0n) is 15.0. The summed E-state index contributed by atoms with van der Waals surface area (Å²) >= 11 is 0. The Labute approximate surface area is 132 Å². The molecular weight excluding hydrogens is 254 g/mol. The maximum atomic E-state index is 3.90. The van der Waals surface area contributed by atoms with E-state index < -0.39 is 0 Å². The van der Waals surface area contributed by atoms with Crippen LogP contribution in [-0.2, 0) is 7.05 Å². The number of hydrogen-bond donors (Lipinski definition) is 0. The molecule has 0 aliphatic heterocycles. The van der Waals surface area contributed by atoms with Gasteiger partial charge < -0.3 is 4.57 Å². The molecule has 1 heteroatoms. The van der Waals surface area contributed by atoms with Crippen molar-refractivity contribution in [2.24, 2.45) is 7.05 Å². The van der Waals surface area contributed by atoms with Gasteiger partial charge in [0.25, 0.3) is 0 Å². The number of nitrogens with zero attached hydrogens (tertiary/aromatic N) is 1. The monoisotopic (exact) mass is 287 g/mol. The smallest absolute Gasteiger partial charge is 0.0485 e. The van der Waals surface area contributed by atoms with Gasteiger partial charge in [0.15, 0.2) is 0 Å². The number of aromatic nitrogens is 1. The van der Waals surface area contributed by atoms with Crippen LogP contribution in [-0.4, -0.2) is 4.57 Å². The molecule has 0 radical (unpaired) electrons. The molecule has 1 rings (SSSR count). The van der Waals surface area contributed by atoms with Gasteiger partial charge in [-0.2, -0.15) is 0 Å². The van der Waals surface area contributed by atoms with Crippen LogP contribution in [0.15, 0.2) is 25.3 Å². The molecule has 21 heavy (non-hydrogen) atoms. The molecular formula is C20H33N. The molecule has 0 aliphatic carbocycles. The molecule has 1 heterocycles. The molecule has 0 atom stereocenters. The average Bonchev–Trinajstić information content (AvgIpc) is 2.81. The van der Waals surface area contributed by atoms with E-state index in [9.17, 15) is 0 Å². The minimum absolute atomic E-state index is 1.03. The lowest BCUT2D eigenvalue weighted by molar-refractivity contribution is 0.900. The molecule has 0 aliphatic rings. The number of rotatable bonds is 5. The minimum atomic E-state index is 1.03. The van der Waals surface area contributed by atoms with Crippen molar-refractivity contribution in [3.63, 3.8) is 0 Å². The van der Waals surface area contributed by atoms with Crippen LogP contribution in [0.1, 0.15) is 70.5 Å². The van der Waals surface area contributed by atoms with Crippen molar-refractivity contribution in [2.45, 2.75) is 48.0 Å². The van der Waals surface area contributed by atoms with Gasteiger partial charge >= 0.3 is 0 Å². The Balaban J connectivity index is 0. The van der Waals surface area contributed by atoms with Gasteiger partial charge in [-0.1, -0.05) is 72.1 Å². The number of allylic oxidation sites excluding steroid dienone is 2. The molecule has 1 nitrogen and oxygen atoms in total. The van der Waals surface area contributed by atoms with Gasteiger partial charge in [-0.05, 0) is 25.5 Å². The van der Waals surface area contributed by atoms with Crippen LogP contribution in [0.2, 0.25) is 0 Å². The van der Waals surface area contributed by atoms with Gasteiger partial charge in [0, 0.05) is 29.6 Å². The summed E-state index contributed by atoms with van der Waals surface area (Å²) in [5.41, 5.74) is 4.66. The molecule has 0 fully saturated rings. The third-order valence-corrected chi connectivity index (χ3v) is 2.81. The third-order valence-electron chi connectivity index (χ3n) is 2.81. The number of hydrogen-bond acceptors (Lipinski definition) is 0. The second kappa shape index (κ2) is 13.2. The fraction of sp³-hybridized carbons (Fsp3) is 0.400. The largest absolute Gasteiger partial charge is 0.344 e. The Bertz CT molecular complexity index is 471. The molecule has 0 saturated carbocycles. The van der Waals surface area contributed by atoms with Crippen molar-refractivity contribution >= 4 is 24.3 Å². The van der Waals surface area contributed by atoms with Crippen LogP contribution >= 0.6 is 0 Å². The maximum absolute atomic E-state index is 3.90. The molecule has 0 bridgehead atoms. The summed E-state index contributed by atoms with van der Waals surface area (Å²) in [5.74, 6) is 0. The van der Waals surface area contributed by atoms with Crippen LogP contribution < -0.4 is 0 Å². The standard InChI is InChI=1S/C16H21N.2C2H6/c1-6-10-12-16-14(9-4)13(8-3)15(11-7-2)17(16)5;2*1-2/h7-12H,3-4,6H2,1-2,5H3;2*1-2H3/b11-7-,12-10-;;. The van der Waals surface area contributed by atoms with Crippen molar-refractivity contribution < 1.29 is 0 Å². The molecule has 0 unspecified atom stereocenters. The van der Waals surface area contributed by atoms with Crippen molar-refractivity contribution in [1.82, 2.24) is 4.57 Å². The Morgan fingerprint density at radius 1 is 0.905 bits per heavy atom.